The Morgan fingerprint density at radius 3 is 2.92 bits per heavy atom. The first-order valence-corrected chi connectivity index (χ1v) is 8.42. The first kappa shape index (κ1) is 15.2. The number of anilines is 1. The second-order valence-corrected chi connectivity index (χ2v) is 6.47. The minimum absolute atomic E-state index is 0.443. The Bertz CT molecular complexity index is 883. The molecule has 1 aliphatic heterocycles. The highest BCUT2D eigenvalue weighted by molar-refractivity contribution is 6.31. The average Bonchev–Trinajstić information content (AvgIpc) is 3.10. The fourth-order valence-electron chi connectivity index (χ4n) is 3.48. The van der Waals surface area contributed by atoms with E-state index in [1.165, 1.54) is 5.56 Å². The summed E-state index contributed by atoms with van der Waals surface area (Å²) >= 11 is 6.08. The molecule has 2 aromatic carbocycles. The Morgan fingerprint density at radius 1 is 1.17 bits per heavy atom. The molecular weight excluding hydrogens is 322 g/mol. The molecule has 24 heavy (non-hydrogen) atoms. The lowest BCUT2D eigenvalue weighted by molar-refractivity contribution is 0.406. The third-order valence-corrected chi connectivity index (χ3v) is 4.88. The van der Waals surface area contributed by atoms with Crippen molar-refractivity contribution in [3.8, 4) is 5.75 Å². The van der Waals surface area contributed by atoms with Gasteiger partial charge in [0.05, 0.1) is 12.6 Å². The summed E-state index contributed by atoms with van der Waals surface area (Å²) in [6.45, 7) is 1.90. The zero-order chi connectivity index (χ0) is 16.5. The van der Waals surface area contributed by atoms with Crippen LogP contribution in [0.2, 0.25) is 5.02 Å². The van der Waals surface area contributed by atoms with E-state index in [1.54, 1.807) is 13.4 Å². The van der Waals surface area contributed by atoms with Gasteiger partial charge in [0.15, 0.2) is 0 Å². The van der Waals surface area contributed by atoms with Gasteiger partial charge in [0.2, 0.25) is 0 Å². The van der Waals surface area contributed by atoms with Crippen LogP contribution in [0.25, 0.3) is 10.9 Å². The third-order valence-electron chi connectivity index (χ3n) is 4.64. The molecule has 3 aromatic rings. The molecule has 122 valence electrons. The van der Waals surface area contributed by atoms with Crippen molar-refractivity contribution >= 4 is 28.3 Å². The smallest absolute Gasteiger partial charge is 0.139 e. The van der Waals surface area contributed by atoms with Gasteiger partial charge in [-0.15, -0.1) is 0 Å². The molecule has 1 aromatic heterocycles. The van der Waals surface area contributed by atoms with Gasteiger partial charge in [-0.2, -0.15) is 0 Å². The maximum absolute atomic E-state index is 6.08. The fourth-order valence-corrected chi connectivity index (χ4v) is 3.64. The maximum atomic E-state index is 6.08. The quantitative estimate of drug-likeness (QED) is 0.713. The lowest BCUT2D eigenvalue weighted by atomic mass is 9.97. The number of hydrogen-bond donors (Lipinski definition) is 0. The van der Waals surface area contributed by atoms with Crippen LogP contribution < -0.4 is 9.64 Å². The van der Waals surface area contributed by atoms with Crippen molar-refractivity contribution in [2.75, 3.05) is 25.1 Å². The molecule has 1 unspecified atom stereocenters. The minimum atomic E-state index is 0.443. The van der Waals surface area contributed by atoms with Crippen LogP contribution in [0.4, 0.5) is 5.82 Å². The van der Waals surface area contributed by atoms with E-state index in [4.69, 9.17) is 16.3 Å². The Balaban J connectivity index is 1.66. The number of halogens is 1. The Labute approximate surface area is 146 Å². The van der Waals surface area contributed by atoms with Gasteiger partial charge in [-0.25, -0.2) is 9.97 Å². The molecule has 0 aliphatic carbocycles. The van der Waals surface area contributed by atoms with Crippen molar-refractivity contribution in [2.45, 2.75) is 12.3 Å². The van der Waals surface area contributed by atoms with Crippen LogP contribution >= 0.6 is 11.6 Å². The van der Waals surface area contributed by atoms with E-state index in [0.717, 1.165) is 42.0 Å². The Kier molecular flexibility index (Phi) is 3.98. The van der Waals surface area contributed by atoms with Crippen LogP contribution in [0.1, 0.15) is 17.9 Å². The third kappa shape index (κ3) is 2.67. The Hall–Kier alpha value is -2.33. The molecule has 1 atom stereocenters. The van der Waals surface area contributed by atoms with Crippen LogP contribution in [0.15, 0.2) is 48.8 Å². The SMILES string of the molecule is COc1ccccc1C1CCN(c2ncnc3cc(Cl)ccc23)C1. The monoisotopic (exact) mass is 339 g/mol. The van der Waals surface area contributed by atoms with Gasteiger partial charge in [0.1, 0.15) is 17.9 Å². The largest absolute Gasteiger partial charge is 0.496 e. The summed E-state index contributed by atoms with van der Waals surface area (Å²) < 4.78 is 5.52. The highest BCUT2D eigenvalue weighted by Crippen LogP contribution is 2.36. The topological polar surface area (TPSA) is 38.2 Å². The molecular formula is C19H18ClN3O. The van der Waals surface area contributed by atoms with Crippen LogP contribution in [0.5, 0.6) is 5.75 Å². The van der Waals surface area contributed by atoms with Crippen LogP contribution in [0.3, 0.4) is 0 Å². The number of rotatable bonds is 3. The molecule has 0 saturated carbocycles. The zero-order valence-electron chi connectivity index (χ0n) is 13.4. The second-order valence-electron chi connectivity index (χ2n) is 6.03. The molecule has 1 fully saturated rings. The van der Waals surface area contributed by atoms with Crippen molar-refractivity contribution in [2.24, 2.45) is 0 Å². The second kappa shape index (κ2) is 6.29. The summed E-state index contributed by atoms with van der Waals surface area (Å²) in [5, 5.41) is 1.74. The molecule has 0 amide bonds. The minimum Gasteiger partial charge on any atom is -0.496 e. The van der Waals surface area contributed by atoms with Crippen molar-refractivity contribution in [3.63, 3.8) is 0 Å². The van der Waals surface area contributed by atoms with Gasteiger partial charge in [-0.1, -0.05) is 29.8 Å². The molecule has 5 heteroatoms. The summed E-state index contributed by atoms with van der Waals surface area (Å²) in [6.07, 6.45) is 2.70. The predicted molar refractivity (Wildman–Crippen MR) is 97.1 cm³/mol. The van der Waals surface area contributed by atoms with Gasteiger partial charge >= 0.3 is 0 Å². The van der Waals surface area contributed by atoms with Crippen LogP contribution in [-0.2, 0) is 0 Å². The lowest BCUT2D eigenvalue weighted by Gasteiger charge is -2.20. The highest BCUT2D eigenvalue weighted by atomic mass is 35.5. The number of hydrogen-bond acceptors (Lipinski definition) is 4. The number of fused-ring (bicyclic) bond motifs is 1. The summed E-state index contributed by atoms with van der Waals surface area (Å²) in [5.74, 6) is 2.39. The first-order chi connectivity index (χ1) is 11.8. The van der Waals surface area contributed by atoms with Gasteiger partial charge in [-0.3, -0.25) is 0 Å². The maximum Gasteiger partial charge on any atom is 0.139 e. The van der Waals surface area contributed by atoms with Crippen molar-refractivity contribution in [1.29, 1.82) is 0 Å². The highest BCUT2D eigenvalue weighted by Gasteiger charge is 2.27. The number of methoxy groups -OCH3 is 1. The molecule has 2 heterocycles. The standard InChI is InChI=1S/C19H18ClN3O/c1-24-18-5-3-2-4-15(18)13-8-9-23(11-13)19-16-7-6-14(20)10-17(16)21-12-22-19/h2-7,10,12-13H,8-9,11H2,1H3. The number of para-hydroxylation sites is 1. The average molecular weight is 340 g/mol. The van der Waals surface area contributed by atoms with Gasteiger partial charge in [-0.05, 0) is 36.2 Å². The van der Waals surface area contributed by atoms with Gasteiger partial charge in [0.25, 0.3) is 0 Å². The molecule has 0 spiro atoms. The molecule has 0 bridgehead atoms. The van der Waals surface area contributed by atoms with E-state index in [1.807, 2.05) is 30.3 Å². The van der Waals surface area contributed by atoms with E-state index in [9.17, 15) is 0 Å². The van der Waals surface area contributed by atoms with Gasteiger partial charge in [0, 0.05) is 29.4 Å². The summed E-state index contributed by atoms with van der Waals surface area (Å²) in [4.78, 5) is 11.2. The molecule has 0 N–H and O–H groups in total. The molecule has 1 aliphatic rings. The summed E-state index contributed by atoms with van der Waals surface area (Å²) in [7, 11) is 1.73. The van der Waals surface area contributed by atoms with E-state index >= 15 is 0 Å². The fraction of sp³-hybridized carbons (Fsp3) is 0.263. The van der Waals surface area contributed by atoms with Crippen LogP contribution in [-0.4, -0.2) is 30.2 Å². The normalized spacial score (nSPS) is 17.4. The molecule has 1 saturated heterocycles. The first-order valence-electron chi connectivity index (χ1n) is 8.04. The molecule has 4 rings (SSSR count). The molecule has 0 radical (unpaired) electrons. The number of ether oxygens (including phenoxy) is 1. The number of aromatic nitrogens is 2. The lowest BCUT2D eigenvalue weighted by Crippen LogP contribution is -2.21. The number of benzene rings is 2. The van der Waals surface area contributed by atoms with E-state index in [0.29, 0.717) is 10.9 Å². The summed E-state index contributed by atoms with van der Waals surface area (Å²) in [5.41, 5.74) is 2.15. The van der Waals surface area contributed by atoms with Crippen molar-refractivity contribution in [3.05, 3.63) is 59.4 Å². The Morgan fingerprint density at radius 2 is 2.04 bits per heavy atom. The van der Waals surface area contributed by atoms with Crippen molar-refractivity contribution in [1.82, 2.24) is 9.97 Å². The van der Waals surface area contributed by atoms with E-state index < -0.39 is 0 Å². The summed E-state index contributed by atoms with van der Waals surface area (Å²) in [6, 6.07) is 14.0. The van der Waals surface area contributed by atoms with Gasteiger partial charge < -0.3 is 9.64 Å². The van der Waals surface area contributed by atoms with Crippen LogP contribution in [0, 0.1) is 0 Å². The van der Waals surface area contributed by atoms with E-state index in [-0.39, 0.29) is 0 Å². The number of nitrogens with zero attached hydrogens (tertiary/aromatic N) is 3. The van der Waals surface area contributed by atoms with E-state index in [2.05, 4.69) is 27.0 Å². The predicted octanol–water partition coefficient (Wildman–Crippen LogP) is 4.29. The zero-order valence-corrected chi connectivity index (χ0v) is 14.2. The molecule has 4 nitrogen and oxygen atoms in total. The van der Waals surface area contributed by atoms with Crippen molar-refractivity contribution < 1.29 is 4.74 Å².